The van der Waals surface area contributed by atoms with Crippen LogP contribution in [0.25, 0.3) is 0 Å². The van der Waals surface area contributed by atoms with Gasteiger partial charge in [-0.05, 0) is 51.5 Å². The minimum atomic E-state index is 0.0551. The van der Waals surface area contributed by atoms with Gasteiger partial charge in [-0.1, -0.05) is 0 Å². The monoisotopic (exact) mass is 371 g/mol. The summed E-state index contributed by atoms with van der Waals surface area (Å²) in [7, 11) is 0. The molecule has 2 fully saturated rings. The lowest BCUT2D eigenvalue weighted by Crippen LogP contribution is -2.39. The summed E-state index contributed by atoms with van der Waals surface area (Å²) in [5, 5.41) is 4.35. The van der Waals surface area contributed by atoms with Crippen molar-refractivity contribution in [2.75, 3.05) is 19.7 Å². The van der Waals surface area contributed by atoms with E-state index < -0.39 is 0 Å². The molecule has 0 spiro atoms. The number of hydrogen-bond acceptors (Lipinski definition) is 4. The van der Waals surface area contributed by atoms with Gasteiger partial charge < -0.3 is 14.2 Å². The third-order valence-electron chi connectivity index (χ3n) is 5.83. The Morgan fingerprint density at radius 3 is 2.78 bits per heavy atom. The second-order valence-electron chi connectivity index (χ2n) is 7.66. The summed E-state index contributed by atoms with van der Waals surface area (Å²) in [6.07, 6.45) is 8.19. The maximum atomic E-state index is 12.7. The summed E-state index contributed by atoms with van der Waals surface area (Å²) in [6.45, 7) is 8.33. The molecule has 0 aliphatic carbocycles. The lowest BCUT2D eigenvalue weighted by molar-refractivity contribution is 0.0671. The minimum absolute atomic E-state index is 0.0551. The van der Waals surface area contributed by atoms with Crippen molar-refractivity contribution in [2.24, 2.45) is 5.92 Å². The quantitative estimate of drug-likeness (QED) is 0.811. The number of piperidine rings is 1. The first-order valence-corrected chi connectivity index (χ1v) is 10.1. The maximum Gasteiger partial charge on any atom is 0.274 e. The van der Waals surface area contributed by atoms with E-state index >= 15 is 0 Å². The van der Waals surface area contributed by atoms with E-state index in [1.807, 2.05) is 30.3 Å². The molecule has 4 heterocycles. The Labute approximate surface area is 160 Å². The molecule has 0 aromatic carbocycles. The second kappa shape index (κ2) is 7.84. The number of rotatable bonds is 5. The number of carbonyl (C=O) groups excluding carboxylic acids is 1. The number of carbonyl (C=O) groups is 1. The molecule has 27 heavy (non-hydrogen) atoms. The fraction of sp³-hybridized carbons (Fsp3) is 0.650. The lowest BCUT2D eigenvalue weighted by Gasteiger charge is -2.32. The van der Waals surface area contributed by atoms with Crippen LogP contribution < -0.4 is 0 Å². The largest absolute Gasteiger partial charge is 0.370 e. The van der Waals surface area contributed by atoms with E-state index in [1.54, 1.807) is 4.68 Å². The number of aromatic nitrogens is 4. The first-order valence-electron chi connectivity index (χ1n) is 10.1. The molecule has 4 rings (SSSR count). The van der Waals surface area contributed by atoms with Gasteiger partial charge in [-0.2, -0.15) is 5.10 Å². The van der Waals surface area contributed by atoms with Gasteiger partial charge in [-0.3, -0.25) is 9.48 Å². The van der Waals surface area contributed by atoms with Crippen LogP contribution in [0.2, 0.25) is 0 Å². The molecule has 0 N–H and O–H groups in total. The van der Waals surface area contributed by atoms with Crippen molar-refractivity contribution in [3.8, 4) is 0 Å². The van der Waals surface area contributed by atoms with Crippen LogP contribution >= 0.6 is 0 Å². The van der Waals surface area contributed by atoms with Crippen LogP contribution in [0.15, 0.2) is 18.5 Å². The second-order valence-corrected chi connectivity index (χ2v) is 7.66. The molecular formula is C20H29N5O2. The summed E-state index contributed by atoms with van der Waals surface area (Å²) in [5.74, 6) is 1.70. The van der Waals surface area contributed by atoms with Gasteiger partial charge in [0.15, 0.2) is 0 Å². The predicted molar refractivity (Wildman–Crippen MR) is 101 cm³/mol. The van der Waals surface area contributed by atoms with E-state index in [9.17, 15) is 4.79 Å². The number of amides is 1. The van der Waals surface area contributed by atoms with Crippen LogP contribution in [0.5, 0.6) is 0 Å². The van der Waals surface area contributed by atoms with E-state index in [4.69, 9.17) is 4.74 Å². The average Bonchev–Trinajstić information content (AvgIpc) is 3.43. The van der Waals surface area contributed by atoms with Crippen molar-refractivity contribution in [3.63, 3.8) is 0 Å². The summed E-state index contributed by atoms with van der Waals surface area (Å²) < 4.78 is 9.98. The highest BCUT2D eigenvalue weighted by Gasteiger charge is 2.28. The van der Waals surface area contributed by atoms with Crippen molar-refractivity contribution in [3.05, 3.63) is 35.7 Å². The molecule has 2 aliphatic heterocycles. The summed E-state index contributed by atoms with van der Waals surface area (Å²) >= 11 is 0. The number of ether oxygens (including phenoxy) is 1. The molecular weight excluding hydrogens is 342 g/mol. The minimum Gasteiger partial charge on any atom is -0.370 e. The fourth-order valence-electron chi connectivity index (χ4n) is 4.15. The molecule has 7 nitrogen and oxygen atoms in total. The molecule has 2 saturated heterocycles. The zero-order chi connectivity index (χ0) is 18.8. The Balaban J connectivity index is 1.36. The number of likely N-dealkylation sites (tertiary alicyclic amines) is 1. The van der Waals surface area contributed by atoms with Crippen molar-refractivity contribution in [2.45, 2.75) is 58.7 Å². The van der Waals surface area contributed by atoms with Crippen LogP contribution in [-0.2, 0) is 17.8 Å². The van der Waals surface area contributed by atoms with Gasteiger partial charge in [-0.15, -0.1) is 0 Å². The highest BCUT2D eigenvalue weighted by atomic mass is 16.5. The van der Waals surface area contributed by atoms with E-state index in [0.29, 0.717) is 11.6 Å². The zero-order valence-electron chi connectivity index (χ0n) is 16.3. The molecule has 1 atom stereocenters. The van der Waals surface area contributed by atoms with Gasteiger partial charge in [0, 0.05) is 50.9 Å². The van der Waals surface area contributed by atoms with E-state index in [2.05, 4.69) is 21.6 Å². The van der Waals surface area contributed by atoms with Crippen LogP contribution in [0.4, 0.5) is 0 Å². The van der Waals surface area contributed by atoms with E-state index in [-0.39, 0.29) is 12.0 Å². The summed E-state index contributed by atoms with van der Waals surface area (Å²) in [5.41, 5.74) is 1.76. The molecule has 0 radical (unpaired) electrons. The Kier molecular flexibility index (Phi) is 5.29. The SMILES string of the molecule is CCn1ccc(C(=O)N2CCC(Cn3c(C)cnc3C3CCCO3)CC2)n1. The molecule has 2 aliphatic rings. The van der Waals surface area contributed by atoms with Crippen LogP contribution in [0.1, 0.15) is 60.7 Å². The Hall–Kier alpha value is -2.15. The number of nitrogens with zero attached hydrogens (tertiary/aromatic N) is 5. The van der Waals surface area contributed by atoms with Crippen molar-refractivity contribution < 1.29 is 9.53 Å². The zero-order valence-corrected chi connectivity index (χ0v) is 16.3. The lowest BCUT2D eigenvalue weighted by atomic mass is 9.96. The molecule has 1 unspecified atom stereocenters. The van der Waals surface area contributed by atoms with Gasteiger partial charge in [-0.25, -0.2) is 4.98 Å². The first-order chi connectivity index (χ1) is 13.2. The third kappa shape index (κ3) is 3.78. The normalized spacial score (nSPS) is 21.1. The van der Waals surface area contributed by atoms with Gasteiger partial charge in [0.2, 0.25) is 0 Å². The van der Waals surface area contributed by atoms with Gasteiger partial charge in [0.1, 0.15) is 17.6 Å². The van der Waals surface area contributed by atoms with Gasteiger partial charge >= 0.3 is 0 Å². The topological polar surface area (TPSA) is 65.2 Å². The molecule has 2 aromatic heterocycles. The Morgan fingerprint density at radius 1 is 1.30 bits per heavy atom. The predicted octanol–water partition coefficient (Wildman–Crippen LogP) is 2.81. The van der Waals surface area contributed by atoms with Gasteiger partial charge in [0.25, 0.3) is 5.91 Å². The number of aryl methyl sites for hydroxylation is 2. The molecule has 146 valence electrons. The van der Waals surface area contributed by atoms with E-state index in [1.165, 1.54) is 5.69 Å². The van der Waals surface area contributed by atoms with Crippen molar-refractivity contribution in [1.82, 2.24) is 24.2 Å². The fourth-order valence-corrected chi connectivity index (χ4v) is 4.15. The summed E-state index contributed by atoms with van der Waals surface area (Å²) in [6, 6.07) is 1.82. The highest BCUT2D eigenvalue weighted by Crippen LogP contribution is 2.30. The standard InChI is InChI=1S/C20H29N5O2/c1-3-24-11-8-17(22-24)20(26)23-9-6-16(7-10-23)14-25-15(2)13-21-19(25)18-5-4-12-27-18/h8,11,13,16,18H,3-7,9-10,12,14H2,1-2H3. The van der Waals surface area contributed by atoms with Crippen molar-refractivity contribution in [1.29, 1.82) is 0 Å². The third-order valence-corrected chi connectivity index (χ3v) is 5.83. The summed E-state index contributed by atoms with van der Waals surface area (Å²) in [4.78, 5) is 19.2. The number of hydrogen-bond donors (Lipinski definition) is 0. The van der Waals surface area contributed by atoms with Crippen LogP contribution in [0.3, 0.4) is 0 Å². The highest BCUT2D eigenvalue weighted by molar-refractivity contribution is 5.92. The molecule has 2 aromatic rings. The molecule has 1 amide bonds. The average molecular weight is 371 g/mol. The Bertz CT molecular complexity index is 782. The smallest absolute Gasteiger partial charge is 0.274 e. The van der Waals surface area contributed by atoms with Gasteiger partial charge in [0.05, 0.1) is 0 Å². The van der Waals surface area contributed by atoms with Crippen LogP contribution in [-0.4, -0.2) is 49.8 Å². The first kappa shape index (κ1) is 18.2. The van der Waals surface area contributed by atoms with Crippen LogP contribution in [0, 0.1) is 12.8 Å². The number of imidazole rings is 1. The Morgan fingerprint density at radius 2 is 2.11 bits per heavy atom. The van der Waals surface area contributed by atoms with Crippen molar-refractivity contribution >= 4 is 5.91 Å². The van der Waals surface area contributed by atoms with E-state index in [0.717, 1.165) is 64.3 Å². The molecule has 0 saturated carbocycles. The maximum absolute atomic E-state index is 12.7. The molecule has 0 bridgehead atoms. The molecule has 7 heteroatoms.